The average molecular weight is 418 g/mol. The molecule has 7 heteroatoms. The van der Waals surface area contributed by atoms with E-state index in [1.807, 2.05) is 4.52 Å². The topological polar surface area (TPSA) is 74.1 Å². The van der Waals surface area contributed by atoms with E-state index in [4.69, 9.17) is 4.98 Å². The molecule has 0 radical (unpaired) electrons. The van der Waals surface area contributed by atoms with E-state index in [0.29, 0.717) is 18.0 Å². The number of hydrogen-bond acceptors (Lipinski definition) is 5. The summed E-state index contributed by atoms with van der Waals surface area (Å²) in [4.78, 5) is 15.7. The molecular weight excluding hydrogens is 386 g/mol. The Kier molecular flexibility index (Phi) is 4.73. The second-order valence-corrected chi connectivity index (χ2v) is 9.33. The molecular formula is C24H31N7. The Morgan fingerprint density at radius 3 is 2.52 bits per heavy atom. The van der Waals surface area contributed by atoms with Crippen molar-refractivity contribution in [2.45, 2.75) is 59.5 Å². The Morgan fingerprint density at radius 1 is 1.06 bits per heavy atom. The maximum absolute atomic E-state index is 5.17. The summed E-state index contributed by atoms with van der Waals surface area (Å²) in [6.45, 7) is 15.2. The summed E-state index contributed by atoms with van der Waals surface area (Å²) in [6.07, 6.45) is 3.70. The highest BCUT2D eigenvalue weighted by Crippen LogP contribution is 2.38. The van der Waals surface area contributed by atoms with Gasteiger partial charge in [0.2, 0.25) is 0 Å². The zero-order valence-electron chi connectivity index (χ0n) is 19.2. The number of aromatic amines is 1. The van der Waals surface area contributed by atoms with E-state index in [1.165, 1.54) is 11.1 Å². The fraction of sp³-hybridized carbons (Fsp3) is 0.458. The number of H-pyrrole nitrogens is 1. The lowest BCUT2D eigenvalue weighted by molar-refractivity contribution is 0.405. The molecule has 0 spiro atoms. The Morgan fingerprint density at radius 2 is 1.81 bits per heavy atom. The normalized spacial score (nSPS) is 19.8. The van der Waals surface area contributed by atoms with E-state index in [9.17, 15) is 0 Å². The standard InChI is InChI=1S/C24H31N7/c1-13(2)21-22(18-11-31-24(25-12-26-31)17(6)16(18)5)28-19-7-8-20(29-23(19)21)30-9-14(3)27-15(4)10-30/h7-8,11-15,27-28H,9-10H2,1-6H3. The molecule has 1 saturated heterocycles. The highest BCUT2D eigenvalue weighted by molar-refractivity contribution is 5.90. The third-order valence-corrected chi connectivity index (χ3v) is 6.52. The third-order valence-electron chi connectivity index (χ3n) is 6.52. The molecule has 162 valence electrons. The first-order valence-corrected chi connectivity index (χ1v) is 11.2. The van der Waals surface area contributed by atoms with Crippen molar-refractivity contribution in [3.8, 4) is 11.3 Å². The molecule has 0 amide bonds. The molecule has 4 aromatic heterocycles. The number of fused-ring (bicyclic) bond motifs is 2. The number of nitrogens with zero attached hydrogens (tertiary/aromatic N) is 5. The minimum absolute atomic E-state index is 0.332. The van der Waals surface area contributed by atoms with Gasteiger partial charge in [0.25, 0.3) is 0 Å². The molecule has 31 heavy (non-hydrogen) atoms. The Bertz CT molecular complexity index is 1260. The average Bonchev–Trinajstić information content (AvgIpc) is 3.33. The third kappa shape index (κ3) is 3.28. The summed E-state index contributed by atoms with van der Waals surface area (Å²) in [5, 5.41) is 7.99. The second kappa shape index (κ2) is 7.34. The van der Waals surface area contributed by atoms with E-state index in [0.717, 1.165) is 52.4 Å². The van der Waals surface area contributed by atoms with Crippen molar-refractivity contribution in [2.24, 2.45) is 0 Å². The summed E-state index contributed by atoms with van der Waals surface area (Å²) < 4.78 is 1.87. The van der Waals surface area contributed by atoms with E-state index in [1.54, 1.807) is 6.33 Å². The summed E-state index contributed by atoms with van der Waals surface area (Å²) in [7, 11) is 0. The second-order valence-electron chi connectivity index (χ2n) is 9.33. The molecule has 1 fully saturated rings. The van der Waals surface area contributed by atoms with Crippen LogP contribution in [0.3, 0.4) is 0 Å². The van der Waals surface area contributed by atoms with Gasteiger partial charge in [0, 0.05) is 42.5 Å². The van der Waals surface area contributed by atoms with Crippen molar-refractivity contribution in [1.29, 1.82) is 0 Å². The molecule has 1 aliphatic rings. The van der Waals surface area contributed by atoms with Crippen molar-refractivity contribution >= 4 is 22.5 Å². The van der Waals surface area contributed by atoms with E-state index < -0.39 is 0 Å². The van der Waals surface area contributed by atoms with Crippen LogP contribution in [0.1, 0.15) is 50.3 Å². The fourth-order valence-electron chi connectivity index (χ4n) is 4.99. The Hall–Kier alpha value is -2.93. The first-order chi connectivity index (χ1) is 14.8. The number of rotatable bonds is 3. The number of hydrogen-bond donors (Lipinski definition) is 2. The van der Waals surface area contributed by atoms with Crippen molar-refractivity contribution in [3.05, 3.63) is 41.3 Å². The predicted octanol–water partition coefficient (Wildman–Crippen LogP) is 4.20. The summed E-state index contributed by atoms with van der Waals surface area (Å²) in [5.74, 6) is 1.39. The SMILES string of the molecule is Cc1c(-c2[nH]c3ccc(N4CC(C)NC(C)C4)nc3c2C(C)C)cn2ncnc2c1C. The number of aryl methyl sites for hydroxylation is 1. The lowest BCUT2D eigenvalue weighted by Gasteiger charge is -2.37. The van der Waals surface area contributed by atoms with Gasteiger partial charge in [-0.15, -0.1) is 0 Å². The van der Waals surface area contributed by atoms with E-state index >= 15 is 0 Å². The van der Waals surface area contributed by atoms with Crippen LogP contribution in [0, 0.1) is 13.8 Å². The molecule has 2 unspecified atom stereocenters. The zero-order valence-corrected chi connectivity index (χ0v) is 19.2. The lowest BCUT2D eigenvalue weighted by atomic mass is 9.95. The molecule has 0 saturated carbocycles. The van der Waals surface area contributed by atoms with Crippen LogP contribution in [0.25, 0.3) is 27.9 Å². The van der Waals surface area contributed by atoms with Gasteiger partial charge in [0.05, 0.1) is 16.7 Å². The first kappa shape index (κ1) is 20.0. The predicted molar refractivity (Wildman–Crippen MR) is 126 cm³/mol. The molecule has 5 rings (SSSR count). The molecule has 7 nitrogen and oxygen atoms in total. The zero-order chi connectivity index (χ0) is 21.9. The summed E-state index contributed by atoms with van der Waals surface area (Å²) >= 11 is 0. The van der Waals surface area contributed by atoms with Crippen molar-refractivity contribution < 1.29 is 0 Å². The quantitative estimate of drug-likeness (QED) is 0.523. The fourth-order valence-corrected chi connectivity index (χ4v) is 4.99. The van der Waals surface area contributed by atoms with Crippen LogP contribution in [-0.2, 0) is 0 Å². The van der Waals surface area contributed by atoms with Gasteiger partial charge in [0.1, 0.15) is 12.1 Å². The van der Waals surface area contributed by atoms with Gasteiger partial charge in [-0.3, -0.25) is 0 Å². The monoisotopic (exact) mass is 417 g/mol. The van der Waals surface area contributed by atoms with Gasteiger partial charge in [-0.1, -0.05) is 13.8 Å². The van der Waals surface area contributed by atoms with Gasteiger partial charge in [0.15, 0.2) is 5.65 Å². The minimum atomic E-state index is 0.332. The molecule has 1 aliphatic heterocycles. The van der Waals surface area contributed by atoms with Gasteiger partial charge < -0.3 is 15.2 Å². The van der Waals surface area contributed by atoms with Crippen LogP contribution in [-0.4, -0.2) is 49.7 Å². The molecule has 4 aromatic rings. The molecule has 0 aliphatic carbocycles. The highest BCUT2D eigenvalue weighted by Gasteiger charge is 2.24. The van der Waals surface area contributed by atoms with Gasteiger partial charge in [-0.2, -0.15) is 5.10 Å². The largest absolute Gasteiger partial charge is 0.353 e. The molecule has 2 N–H and O–H groups in total. The maximum atomic E-state index is 5.17. The van der Waals surface area contributed by atoms with E-state index in [2.05, 4.69) is 85.2 Å². The molecule has 0 aromatic carbocycles. The van der Waals surface area contributed by atoms with Crippen LogP contribution in [0.5, 0.6) is 0 Å². The number of aromatic nitrogens is 5. The van der Waals surface area contributed by atoms with Gasteiger partial charge in [-0.25, -0.2) is 14.5 Å². The number of anilines is 1. The lowest BCUT2D eigenvalue weighted by Crippen LogP contribution is -2.54. The van der Waals surface area contributed by atoms with Crippen molar-refractivity contribution in [1.82, 2.24) is 29.9 Å². The van der Waals surface area contributed by atoms with Gasteiger partial charge in [-0.05, 0) is 56.9 Å². The number of nitrogens with one attached hydrogen (secondary N) is 2. The summed E-state index contributed by atoms with van der Waals surface area (Å²) in [6, 6.07) is 5.23. The number of piperazine rings is 1. The van der Waals surface area contributed by atoms with Crippen LogP contribution >= 0.6 is 0 Å². The summed E-state index contributed by atoms with van der Waals surface area (Å²) in [5.41, 5.74) is 8.98. The minimum Gasteiger partial charge on any atom is -0.353 e. The smallest absolute Gasteiger partial charge is 0.158 e. The van der Waals surface area contributed by atoms with E-state index in [-0.39, 0.29) is 0 Å². The van der Waals surface area contributed by atoms with Crippen LogP contribution in [0.2, 0.25) is 0 Å². The van der Waals surface area contributed by atoms with Gasteiger partial charge >= 0.3 is 0 Å². The Balaban J connectivity index is 1.68. The van der Waals surface area contributed by atoms with Crippen molar-refractivity contribution in [2.75, 3.05) is 18.0 Å². The maximum Gasteiger partial charge on any atom is 0.158 e. The van der Waals surface area contributed by atoms with Crippen LogP contribution in [0.15, 0.2) is 24.7 Å². The molecule has 0 bridgehead atoms. The van der Waals surface area contributed by atoms with Crippen molar-refractivity contribution in [3.63, 3.8) is 0 Å². The van der Waals surface area contributed by atoms with Crippen LogP contribution in [0.4, 0.5) is 5.82 Å². The highest BCUT2D eigenvalue weighted by atomic mass is 15.3. The number of pyridine rings is 2. The first-order valence-electron chi connectivity index (χ1n) is 11.2. The van der Waals surface area contributed by atoms with Crippen LogP contribution < -0.4 is 10.2 Å². The molecule has 5 heterocycles. The molecule has 2 atom stereocenters. The Labute approximate surface area is 182 Å².